The van der Waals surface area contributed by atoms with Crippen molar-refractivity contribution in [1.29, 1.82) is 0 Å². The van der Waals surface area contributed by atoms with Crippen molar-refractivity contribution in [2.75, 3.05) is 41.8 Å². The number of benzodiazepines with no additional fused rings is 1. The minimum atomic E-state index is -1.05. The number of morpholine rings is 1. The maximum absolute atomic E-state index is 13.5. The molecule has 0 radical (unpaired) electrons. The van der Waals surface area contributed by atoms with Gasteiger partial charge in [0.25, 0.3) is 11.8 Å². The summed E-state index contributed by atoms with van der Waals surface area (Å²) in [6.45, 7) is 6.45. The van der Waals surface area contributed by atoms with E-state index in [0.717, 1.165) is 22.3 Å². The molecule has 1 fully saturated rings. The number of ether oxygens (including phenoxy) is 1. The number of nitrogens with zero attached hydrogens (tertiary/aromatic N) is 6. The quantitative estimate of drug-likeness (QED) is 0.256. The topological polar surface area (TPSA) is 131 Å². The van der Waals surface area contributed by atoms with Crippen molar-refractivity contribution in [1.82, 2.24) is 20.2 Å². The molecule has 224 valence electrons. The highest BCUT2D eigenvalue weighted by Gasteiger charge is 2.29. The molecule has 5 aromatic rings. The first-order chi connectivity index (χ1) is 21.6. The van der Waals surface area contributed by atoms with Crippen molar-refractivity contribution in [3.8, 4) is 22.3 Å². The number of hydrogen-bond acceptors (Lipinski definition) is 11. The lowest BCUT2D eigenvalue weighted by molar-refractivity contribution is -0.116. The minimum Gasteiger partial charge on any atom is -0.402 e. The van der Waals surface area contributed by atoms with Gasteiger partial charge in [-0.1, -0.05) is 78.8 Å². The van der Waals surface area contributed by atoms with Gasteiger partial charge in [0.2, 0.25) is 6.17 Å². The molecule has 7 rings (SSSR count). The third-order valence-electron chi connectivity index (χ3n) is 6.74. The first-order valence-electron chi connectivity index (χ1n) is 14.2. The van der Waals surface area contributed by atoms with Crippen molar-refractivity contribution in [3.05, 3.63) is 89.9 Å². The number of rotatable bonds is 6. The number of nitrogens with one attached hydrogen (secondary N) is 2. The molecule has 0 bridgehead atoms. The van der Waals surface area contributed by atoms with Crippen LogP contribution in [0.15, 0.2) is 82.3 Å². The monoisotopic (exact) mass is 612 g/mol. The largest absolute Gasteiger partial charge is 0.402 e. The van der Waals surface area contributed by atoms with E-state index in [1.807, 2.05) is 68.4 Å². The third-order valence-corrected chi connectivity index (χ3v) is 7.87. The second kappa shape index (κ2) is 13.1. The molecule has 44 heavy (non-hydrogen) atoms. The Morgan fingerprint density at radius 1 is 1.00 bits per heavy atom. The highest BCUT2D eigenvalue weighted by molar-refractivity contribution is 7.19. The van der Waals surface area contributed by atoms with Crippen LogP contribution in [0.2, 0.25) is 0 Å². The zero-order valence-electron chi connectivity index (χ0n) is 24.0. The Bertz CT molecular complexity index is 1770. The number of carbonyl (C=O) groups excluding carboxylic acids is 1. The number of aliphatic imine (C=N–C) groups is 1. The molecule has 1 atom stereocenters. The molecular weight excluding hydrogens is 583 g/mol. The summed E-state index contributed by atoms with van der Waals surface area (Å²) in [5, 5.41) is 15.7. The van der Waals surface area contributed by atoms with E-state index in [1.165, 1.54) is 17.4 Å². The molecule has 1 amide bonds. The number of anilines is 3. The van der Waals surface area contributed by atoms with Crippen LogP contribution in [-0.2, 0) is 9.53 Å². The number of fused-ring (bicyclic) bond motifs is 1. The standard InChI is InChI=1S/C29H23FN8O3S.C2H6/c30-18-10-11-21(31-16-18)27-34-23(28(42-27)38-12-14-40-15-13-38)26-36-37-29(41-26)35-24-25(39)32-20-9-5-4-8-19(20)22(33-24)17-6-2-1-3-7-17;1-2/h1-11,16,24H,12-15H2,(H,32,39)(H,35,37);1-2H3. The number of halogens is 1. The van der Waals surface area contributed by atoms with Gasteiger partial charge >= 0.3 is 6.01 Å². The maximum Gasteiger partial charge on any atom is 0.317 e. The van der Waals surface area contributed by atoms with Crippen LogP contribution in [0.25, 0.3) is 22.3 Å². The molecule has 2 aliphatic heterocycles. The number of benzene rings is 2. The average molecular weight is 613 g/mol. The lowest BCUT2D eigenvalue weighted by Crippen LogP contribution is -2.35. The zero-order valence-corrected chi connectivity index (χ0v) is 24.8. The Kier molecular flexibility index (Phi) is 8.66. The summed E-state index contributed by atoms with van der Waals surface area (Å²) in [7, 11) is 0. The highest BCUT2D eigenvalue weighted by Crippen LogP contribution is 2.40. The van der Waals surface area contributed by atoms with Crippen LogP contribution in [0.4, 0.5) is 21.1 Å². The molecule has 11 nitrogen and oxygen atoms in total. The lowest BCUT2D eigenvalue weighted by Gasteiger charge is -2.27. The minimum absolute atomic E-state index is 0.00894. The first-order valence-corrected chi connectivity index (χ1v) is 15.0. The Hall–Kier alpha value is -5.01. The van der Waals surface area contributed by atoms with E-state index >= 15 is 0 Å². The number of carbonyl (C=O) groups is 1. The maximum atomic E-state index is 13.5. The van der Waals surface area contributed by atoms with E-state index in [0.29, 0.717) is 54.1 Å². The molecule has 0 aliphatic carbocycles. The third kappa shape index (κ3) is 6.05. The van der Waals surface area contributed by atoms with Crippen LogP contribution < -0.4 is 15.5 Å². The van der Waals surface area contributed by atoms with Gasteiger partial charge in [-0.2, -0.15) is 0 Å². The zero-order chi connectivity index (χ0) is 30.5. The van der Waals surface area contributed by atoms with Crippen LogP contribution >= 0.6 is 11.3 Å². The van der Waals surface area contributed by atoms with Gasteiger partial charge in [0.1, 0.15) is 15.8 Å². The van der Waals surface area contributed by atoms with E-state index in [9.17, 15) is 9.18 Å². The molecule has 0 spiro atoms. The number of pyridine rings is 1. The summed E-state index contributed by atoms with van der Waals surface area (Å²) < 4.78 is 25.0. The van der Waals surface area contributed by atoms with Gasteiger partial charge in [-0.05, 0) is 18.2 Å². The normalized spacial score (nSPS) is 16.2. The van der Waals surface area contributed by atoms with Gasteiger partial charge in [0.05, 0.1) is 36.5 Å². The second-order valence-corrected chi connectivity index (χ2v) is 10.4. The van der Waals surface area contributed by atoms with Gasteiger partial charge in [-0.25, -0.2) is 14.4 Å². The van der Waals surface area contributed by atoms with E-state index in [1.54, 1.807) is 6.07 Å². The summed E-state index contributed by atoms with van der Waals surface area (Å²) in [6, 6.07) is 20.1. The van der Waals surface area contributed by atoms with Crippen LogP contribution in [0.5, 0.6) is 0 Å². The summed E-state index contributed by atoms with van der Waals surface area (Å²) in [6.07, 6.45) is 0.105. The number of amides is 1. The Balaban J connectivity index is 0.00000168. The van der Waals surface area contributed by atoms with Crippen LogP contribution in [-0.4, -0.2) is 64.3 Å². The summed E-state index contributed by atoms with van der Waals surface area (Å²) in [5.41, 5.74) is 3.95. The Labute approximate surface area is 256 Å². The van der Waals surface area contributed by atoms with Crippen molar-refractivity contribution >= 4 is 39.7 Å². The van der Waals surface area contributed by atoms with Crippen molar-refractivity contribution in [2.24, 2.45) is 4.99 Å². The predicted molar refractivity (Wildman–Crippen MR) is 168 cm³/mol. The van der Waals surface area contributed by atoms with Crippen LogP contribution in [0.1, 0.15) is 25.0 Å². The van der Waals surface area contributed by atoms with Crippen LogP contribution in [0, 0.1) is 5.82 Å². The van der Waals surface area contributed by atoms with Crippen LogP contribution in [0.3, 0.4) is 0 Å². The number of para-hydroxylation sites is 1. The molecule has 3 aromatic heterocycles. The first kappa shape index (κ1) is 29.1. The van der Waals surface area contributed by atoms with Crippen molar-refractivity contribution < 1.29 is 18.3 Å². The molecule has 2 aromatic carbocycles. The predicted octanol–water partition coefficient (Wildman–Crippen LogP) is 5.48. The molecule has 0 saturated carbocycles. The molecule has 1 unspecified atom stereocenters. The number of thiazole rings is 1. The average Bonchev–Trinajstić information content (AvgIpc) is 3.70. The molecule has 2 aliphatic rings. The fraction of sp³-hybridized carbons (Fsp3) is 0.226. The number of hydrogen-bond donors (Lipinski definition) is 2. The smallest absolute Gasteiger partial charge is 0.317 e. The van der Waals surface area contributed by atoms with Gasteiger partial charge in [-0.15, -0.1) is 5.10 Å². The lowest BCUT2D eigenvalue weighted by atomic mass is 10.0. The van der Waals surface area contributed by atoms with Crippen molar-refractivity contribution in [2.45, 2.75) is 20.0 Å². The Morgan fingerprint density at radius 3 is 2.55 bits per heavy atom. The molecular formula is C31H29FN8O3S. The van der Waals surface area contributed by atoms with E-state index in [4.69, 9.17) is 19.1 Å². The van der Waals surface area contributed by atoms with Gasteiger partial charge < -0.3 is 24.7 Å². The van der Waals surface area contributed by atoms with E-state index in [2.05, 4.69) is 30.7 Å². The molecule has 2 N–H and O–H groups in total. The van der Waals surface area contributed by atoms with E-state index in [-0.39, 0.29) is 17.8 Å². The number of aromatic nitrogens is 4. The molecule has 1 saturated heterocycles. The molecule has 5 heterocycles. The molecule has 13 heteroatoms. The Morgan fingerprint density at radius 2 is 1.77 bits per heavy atom. The van der Waals surface area contributed by atoms with Crippen molar-refractivity contribution in [3.63, 3.8) is 0 Å². The fourth-order valence-corrected chi connectivity index (χ4v) is 5.81. The highest BCUT2D eigenvalue weighted by atomic mass is 32.1. The second-order valence-electron chi connectivity index (χ2n) is 9.47. The van der Waals surface area contributed by atoms with Gasteiger partial charge in [0, 0.05) is 24.2 Å². The van der Waals surface area contributed by atoms with E-state index < -0.39 is 12.0 Å². The summed E-state index contributed by atoms with van der Waals surface area (Å²) in [5.74, 6) is -0.645. The summed E-state index contributed by atoms with van der Waals surface area (Å²) in [4.78, 5) is 29.1. The van der Waals surface area contributed by atoms with Gasteiger partial charge in [0.15, 0.2) is 5.69 Å². The SMILES string of the molecule is CC.O=C1Nc2ccccc2C(c2ccccc2)=NC1Nc1nnc(-c2nc(-c3ccc(F)cn3)sc2N2CCOCC2)o1. The fourth-order valence-electron chi connectivity index (χ4n) is 4.72. The van der Waals surface area contributed by atoms with Gasteiger partial charge in [-0.3, -0.25) is 9.78 Å². The summed E-state index contributed by atoms with van der Waals surface area (Å²) >= 11 is 1.40.